The van der Waals surface area contributed by atoms with Gasteiger partial charge in [-0.25, -0.2) is 0 Å². The van der Waals surface area contributed by atoms with Crippen molar-refractivity contribution in [2.24, 2.45) is 0 Å². The third kappa shape index (κ3) is 3.28. The molecule has 1 N–H and O–H groups in total. The molecule has 6 heteroatoms. The summed E-state index contributed by atoms with van der Waals surface area (Å²) in [5, 5.41) is 11.2. The van der Waals surface area contributed by atoms with E-state index in [-0.39, 0.29) is 12.2 Å². The second kappa shape index (κ2) is 6.82. The van der Waals surface area contributed by atoms with Gasteiger partial charge in [0.25, 0.3) is 0 Å². The molecule has 1 heterocycles. The lowest BCUT2D eigenvalue weighted by atomic mass is 9.85. The molecule has 0 amide bonds. The van der Waals surface area contributed by atoms with Crippen LogP contribution in [0.25, 0.3) is 0 Å². The number of hydrogen-bond acceptors (Lipinski definition) is 5. The number of nitrogens with zero attached hydrogens (tertiary/aromatic N) is 3. The Hall–Kier alpha value is -0.980. The quantitative estimate of drug-likeness (QED) is 0.683. The molecule has 0 bridgehead atoms. The van der Waals surface area contributed by atoms with Crippen LogP contribution in [-0.2, 0) is 16.0 Å². The molecule has 3 atom stereocenters. The van der Waals surface area contributed by atoms with E-state index in [9.17, 15) is 0 Å². The van der Waals surface area contributed by atoms with Gasteiger partial charge in [-0.2, -0.15) is 0 Å². The fraction of sp³-hybridized carbons (Fsp3) is 0.833. The van der Waals surface area contributed by atoms with Crippen molar-refractivity contribution in [3.63, 3.8) is 0 Å². The fourth-order valence-electron chi connectivity index (χ4n) is 2.35. The molecule has 1 aliphatic rings. The molecule has 102 valence electrons. The Morgan fingerprint density at radius 2 is 2.39 bits per heavy atom. The Labute approximate surface area is 108 Å². The number of aryl methyl sites for hydroxylation is 1. The highest BCUT2D eigenvalue weighted by molar-refractivity contribution is 4.96. The third-order valence-electron chi connectivity index (χ3n) is 3.34. The van der Waals surface area contributed by atoms with Crippen molar-refractivity contribution in [3.8, 4) is 0 Å². The van der Waals surface area contributed by atoms with Crippen molar-refractivity contribution >= 4 is 0 Å². The molecular weight excluding hydrogens is 232 g/mol. The molecule has 3 unspecified atom stereocenters. The van der Waals surface area contributed by atoms with E-state index in [1.807, 2.05) is 17.8 Å². The van der Waals surface area contributed by atoms with Gasteiger partial charge in [0.05, 0.1) is 18.4 Å². The van der Waals surface area contributed by atoms with Crippen LogP contribution in [0.1, 0.15) is 19.8 Å². The number of rotatable bonds is 8. The summed E-state index contributed by atoms with van der Waals surface area (Å²) >= 11 is 0. The van der Waals surface area contributed by atoms with Crippen molar-refractivity contribution in [3.05, 3.63) is 12.4 Å². The van der Waals surface area contributed by atoms with Gasteiger partial charge in [0.15, 0.2) is 0 Å². The number of nitrogens with one attached hydrogen (secondary N) is 1. The number of aromatic nitrogens is 3. The normalized spacial score (nSPS) is 27.1. The molecule has 1 aliphatic carbocycles. The van der Waals surface area contributed by atoms with Crippen molar-refractivity contribution < 1.29 is 9.47 Å². The van der Waals surface area contributed by atoms with Crippen LogP contribution in [0.15, 0.2) is 12.4 Å². The first-order chi connectivity index (χ1) is 8.85. The van der Waals surface area contributed by atoms with Gasteiger partial charge in [0, 0.05) is 32.5 Å². The molecule has 18 heavy (non-hydrogen) atoms. The van der Waals surface area contributed by atoms with E-state index >= 15 is 0 Å². The maximum atomic E-state index is 5.59. The third-order valence-corrected chi connectivity index (χ3v) is 3.34. The average molecular weight is 254 g/mol. The standard InChI is InChI=1S/C12H22N4O2/c1-3-18-11-9-10(12(11)17-2)13-5-4-7-16-8-6-14-15-16/h6,8,10-13H,3-5,7,9H2,1-2H3. The summed E-state index contributed by atoms with van der Waals surface area (Å²) in [5.41, 5.74) is 0. The summed E-state index contributed by atoms with van der Waals surface area (Å²) in [6.45, 7) is 4.63. The van der Waals surface area contributed by atoms with E-state index in [0.717, 1.165) is 32.5 Å². The lowest BCUT2D eigenvalue weighted by Crippen LogP contribution is -2.59. The molecule has 0 radical (unpaired) electrons. The highest BCUT2D eigenvalue weighted by Crippen LogP contribution is 2.26. The molecule has 0 spiro atoms. The van der Waals surface area contributed by atoms with E-state index in [0.29, 0.717) is 6.04 Å². The summed E-state index contributed by atoms with van der Waals surface area (Å²) < 4.78 is 12.9. The van der Waals surface area contributed by atoms with Crippen LogP contribution >= 0.6 is 0 Å². The van der Waals surface area contributed by atoms with Gasteiger partial charge in [0.2, 0.25) is 0 Å². The molecule has 1 aromatic heterocycles. The van der Waals surface area contributed by atoms with Gasteiger partial charge in [-0.1, -0.05) is 5.21 Å². The molecule has 1 aromatic rings. The minimum absolute atomic E-state index is 0.191. The van der Waals surface area contributed by atoms with Gasteiger partial charge in [-0.3, -0.25) is 4.68 Å². The van der Waals surface area contributed by atoms with Crippen LogP contribution in [0.3, 0.4) is 0 Å². The fourth-order valence-corrected chi connectivity index (χ4v) is 2.35. The first-order valence-electron chi connectivity index (χ1n) is 6.57. The summed E-state index contributed by atoms with van der Waals surface area (Å²) in [7, 11) is 1.75. The Bertz CT molecular complexity index is 331. The minimum atomic E-state index is 0.191. The molecule has 1 saturated carbocycles. The van der Waals surface area contributed by atoms with Crippen LogP contribution < -0.4 is 5.32 Å². The van der Waals surface area contributed by atoms with Gasteiger partial charge in [0.1, 0.15) is 0 Å². The van der Waals surface area contributed by atoms with E-state index < -0.39 is 0 Å². The first kappa shape index (κ1) is 13.5. The SMILES string of the molecule is CCOC1CC(NCCCn2ccnn2)C1OC. The monoisotopic (exact) mass is 254 g/mol. The van der Waals surface area contributed by atoms with Crippen LogP contribution in [-0.4, -0.2) is 53.5 Å². The summed E-state index contributed by atoms with van der Waals surface area (Å²) in [6, 6.07) is 0.419. The zero-order valence-electron chi connectivity index (χ0n) is 11.1. The second-order valence-electron chi connectivity index (χ2n) is 4.51. The number of hydrogen-bond donors (Lipinski definition) is 1. The molecule has 2 rings (SSSR count). The Morgan fingerprint density at radius 1 is 1.50 bits per heavy atom. The molecule has 0 saturated heterocycles. The van der Waals surface area contributed by atoms with Crippen molar-refractivity contribution in [1.29, 1.82) is 0 Å². The molecule has 1 fully saturated rings. The topological polar surface area (TPSA) is 61.2 Å². The molecule has 0 aromatic carbocycles. The maximum absolute atomic E-state index is 5.59. The summed E-state index contributed by atoms with van der Waals surface area (Å²) in [5.74, 6) is 0. The van der Waals surface area contributed by atoms with Gasteiger partial charge in [-0.15, -0.1) is 5.10 Å². The van der Waals surface area contributed by atoms with Gasteiger partial charge in [-0.05, 0) is 26.3 Å². The van der Waals surface area contributed by atoms with Crippen molar-refractivity contribution in [2.75, 3.05) is 20.3 Å². The van der Waals surface area contributed by atoms with Gasteiger partial charge >= 0.3 is 0 Å². The molecular formula is C12H22N4O2. The second-order valence-corrected chi connectivity index (χ2v) is 4.51. The van der Waals surface area contributed by atoms with Crippen LogP contribution in [0, 0.1) is 0 Å². The molecule has 0 aliphatic heterocycles. The zero-order chi connectivity index (χ0) is 12.8. The predicted molar refractivity (Wildman–Crippen MR) is 67.3 cm³/mol. The maximum Gasteiger partial charge on any atom is 0.0986 e. The van der Waals surface area contributed by atoms with Gasteiger partial charge < -0.3 is 14.8 Å². The largest absolute Gasteiger partial charge is 0.377 e. The van der Waals surface area contributed by atoms with Crippen molar-refractivity contribution in [1.82, 2.24) is 20.3 Å². The van der Waals surface area contributed by atoms with Crippen LogP contribution in [0.4, 0.5) is 0 Å². The summed E-state index contributed by atoms with van der Waals surface area (Å²) in [4.78, 5) is 0. The molecule has 6 nitrogen and oxygen atoms in total. The predicted octanol–water partition coefficient (Wildman–Crippen LogP) is 0.450. The van der Waals surface area contributed by atoms with E-state index in [1.54, 1.807) is 13.3 Å². The Morgan fingerprint density at radius 3 is 3.06 bits per heavy atom. The Kier molecular flexibility index (Phi) is 5.10. The number of ether oxygens (including phenoxy) is 2. The Balaban J connectivity index is 1.60. The lowest BCUT2D eigenvalue weighted by Gasteiger charge is -2.43. The van der Waals surface area contributed by atoms with E-state index in [4.69, 9.17) is 9.47 Å². The number of methoxy groups -OCH3 is 1. The van der Waals surface area contributed by atoms with Crippen molar-refractivity contribution in [2.45, 2.75) is 44.6 Å². The highest BCUT2D eigenvalue weighted by atomic mass is 16.5. The zero-order valence-corrected chi connectivity index (χ0v) is 11.1. The van der Waals surface area contributed by atoms with E-state index in [2.05, 4.69) is 15.6 Å². The smallest absolute Gasteiger partial charge is 0.0986 e. The summed E-state index contributed by atoms with van der Waals surface area (Å²) in [6.07, 6.45) is 6.11. The van der Waals surface area contributed by atoms with Crippen LogP contribution in [0.2, 0.25) is 0 Å². The first-order valence-corrected chi connectivity index (χ1v) is 6.57. The minimum Gasteiger partial charge on any atom is -0.377 e. The van der Waals surface area contributed by atoms with Crippen LogP contribution in [0.5, 0.6) is 0 Å². The van der Waals surface area contributed by atoms with E-state index in [1.165, 1.54) is 0 Å². The highest BCUT2D eigenvalue weighted by Gasteiger charge is 2.41. The average Bonchev–Trinajstić information content (AvgIpc) is 2.85. The lowest BCUT2D eigenvalue weighted by molar-refractivity contribution is -0.131.